The van der Waals surface area contributed by atoms with Gasteiger partial charge in [0.25, 0.3) is 0 Å². The van der Waals surface area contributed by atoms with Gasteiger partial charge in [-0.25, -0.2) is 0 Å². The van der Waals surface area contributed by atoms with Crippen molar-refractivity contribution in [2.75, 3.05) is 11.9 Å². The zero-order chi connectivity index (χ0) is 19.6. The van der Waals surface area contributed by atoms with Gasteiger partial charge in [-0.2, -0.15) is 0 Å². The molecule has 0 spiro atoms. The zero-order valence-electron chi connectivity index (χ0n) is 16.4. The molecular formula is C27H22N2. The van der Waals surface area contributed by atoms with Crippen molar-refractivity contribution in [2.24, 2.45) is 4.99 Å². The average molecular weight is 374 g/mol. The van der Waals surface area contributed by atoms with Crippen molar-refractivity contribution in [1.29, 1.82) is 0 Å². The van der Waals surface area contributed by atoms with Crippen LogP contribution in [0, 0.1) is 0 Å². The van der Waals surface area contributed by atoms with E-state index in [1.807, 2.05) is 6.07 Å². The standard InChI is InChI=1S/C27H22N2/c1-29(24-11-3-2-4-12-24)25-16-14-20(15-17-25)21-9-7-10-22(18-21)27-19-23-8-5-6-13-26(23)28-27/h2-18H,19H2,1H3. The summed E-state index contributed by atoms with van der Waals surface area (Å²) in [5.74, 6) is 0. The van der Waals surface area contributed by atoms with Crippen LogP contribution in [-0.2, 0) is 6.42 Å². The molecule has 0 unspecified atom stereocenters. The van der Waals surface area contributed by atoms with E-state index < -0.39 is 0 Å². The third-order valence-electron chi connectivity index (χ3n) is 5.53. The summed E-state index contributed by atoms with van der Waals surface area (Å²) in [6, 6.07) is 36.3. The van der Waals surface area contributed by atoms with Crippen LogP contribution in [0.4, 0.5) is 17.1 Å². The lowest BCUT2D eigenvalue weighted by atomic mass is 9.98. The van der Waals surface area contributed by atoms with E-state index in [0.717, 1.165) is 17.8 Å². The predicted molar refractivity (Wildman–Crippen MR) is 123 cm³/mol. The zero-order valence-corrected chi connectivity index (χ0v) is 16.4. The van der Waals surface area contributed by atoms with E-state index in [9.17, 15) is 0 Å². The highest BCUT2D eigenvalue weighted by Gasteiger charge is 2.15. The molecule has 4 aromatic carbocycles. The molecule has 0 aliphatic carbocycles. The van der Waals surface area contributed by atoms with E-state index in [1.54, 1.807) is 0 Å². The Morgan fingerprint density at radius 2 is 1.31 bits per heavy atom. The number of fused-ring (bicyclic) bond motifs is 1. The van der Waals surface area contributed by atoms with Gasteiger partial charge >= 0.3 is 0 Å². The Kier molecular flexibility index (Phi) is 4.45. The summed E-state index contributed by atoms with van der Waals surface area (Å²) in [4.78, 5) is 7.04. The van der Waals surface area contributed by atoms with Crippen molar-refractivity contribution in [1.82, 2.24) is 0 Å². The Hall–Kier alpha value is -3.65. The first-order valence-corrected chi connectivity index (χ1v) is 9.93. The van der Waals surface area contributed by atoms with Gasteiger partial charge in [-0.3, -0.25) is 4.99 Å². The van der Waals surface area contributed by atoms with Crippen LogP contribution in [-0.4, -0.2) is 12.8 Å². The molecule has 0 bridgehead atoms. The number of aliphatic imine (C=N–C) groups is 1. The Labute approximate surface area is 171 Å². The SMILES string of the molecule is CN(c1ccccc1)c1ccc(-c2cccc(C3=Nc4ccccc4C3)c2)cc1. The molecular weight excluding hydrogens is 352 g/mol. The lowest BCUT2D eigenvalue weighted by Crippen LogP contribution is -2.08. The van der Waals surface area contributed by atoms with Crippen molar-refractivity contribution < 1.29 is 0 Å². The van der Waals surface area contributed by atoms with Gasteiger partial charge in [0.2, 0.25) is 0 Å². The molecule has 5 rings (SSSR count). The van der Waals surface area contributed by atoms with Crippen molar-refractivity contribution in [3.63, 3.8) is 0 Å². The van der Waals surface area contributed by atoms with E-state index in [1.165, 1.54) is 33.6 Å². The van der Waals surface area contributed by atoms with E-state index in [0.29, 0.717) is 0 Å². The van der Waals surface area contributed by atoms with Crippen molar-refractivity contribution >= 4 is 22.8 Å². The van der Waals surface area contributed by atoms with Gasteiger partial charge < -0.3 is 4.90 Å². The molecule has 0 fully saturated rings. The third-order valence-corrected chi connectivity index (χ3v) is 5.53. The van der Waals surface area contributed by atoms with Gasteiger partial charge in [-0.05, 0) is 58.7 Å². The van der Waals surface area contributed by atoms with Crippen molar-refractivity contribution in [2.45, 2.75) is 6.42 Å². The molecule has 0 radical (unpaired) electrons. The maximum absolute atomic E-state index is 4.84. The van der Waals surface area contributed by atoms with E-state index in [2.05, 4.69) is 109 Å². The van der Waals surface area contributed by atoms with Crippen LogP contribution in [0.25, 0.3) is 11.1 Å². The van der Waals surface area contributed by atoms with Crippen LogP contribution in [0.5, 0.6) is 0 Å². The second-order valence-electron chi connectivity index (χ2n) is 7.39. The van der Waals surface area contributed by atoms with Gasteiger partial charge in [-0.1, -0.05) is 66.7 Å². The highest BCUT2D eigenvalue weighted by molar-refractivity contribution is 6.07. The number of anilines is 2. The molecule has 2 nitrogen and oxygen atoms in total. The molecule has 0 saturated carbocycles. The summed E-state index contributed by atoms with van der Waals surface area (Å²) in [5.41, 5.74) is 9.54. The molecule has 1 heterocycles. The van der Waals surface area contributed by atoms with E-state index >= 15 is 0 Å². The summed E-state index contributed by atoms with van der Waals surface area (Å²) in [5, 5.41) is 0. The van der Waals surface area contributed by atoms with Gasteiger partial charge in [0.05, 0.1) is 11.4 Å². The molecule has 0 saturated heterocycles. The minimum Gasteiger partial charge on any atom is -0.345 e. The monoisotopic (exact) mass is 374 g/mol. The summed E-state index contributed by atoms with van der Waals surface area (Å²) in [6.07, 6.45) is 0.903. The fourth-order valence-electron chi connectivity index (χ4n) is 3.86. The third kappa shape index (κ3) is 3.45. The topological polar surface area (TPSA) is 15.6 Å². The number of rotatable bonds is 4. The van der Waals surface area contributed by atoms with Crippen LogP contribution in [0.15, 0.2) is 108 Å². The molecule has 4 aromatic rings. The fraction of sp³-hybridized carbons (Fsp3) is 0.0741. The number of hydrogen-bond acceptors (Lipinski definition) is 2. The fourth-order valence-corrected chi connectivity index (χ4v) is 3.86. The van der Waals surface area contributed by atoms with Crippen LogP contribution >= 0.6 is 0 Å². The lowest BCUT2D eigenvalue weighted by Gasteiger charge is -2.19. The highest BCUT2D eigenvalue weighted by Crippen LogP contribution is 2.31. The van der Waals surface area contributed by atoms with Gasteiger partial charge in [0.1, 0.15) is 0 Å². The predicted octanol–water partition coefficient (Wildman–Crippen LogP) is 6.80. The number of benzene rings is 4. The summed E-state index contributed by atoms with van der Waals surface area (Å²) < 4.78 is 0. The average Bonchev–Trinajstić information content (AvgIpc) is 3.24. The van der Waals surface area contributed by atoms with Crippen molar-refractivity contribution in [3.8, 4) is 11.1 Å². The molecule has 0 atom stereocenters. The summed E-state index contributed by atoms with van der Waals surface area (Å²) in [6.45, 7) is 0. The van der Waals surface area contributed by atoms with Crippen LogP contribution in [0.1, 0.15) is 11.1 Å². The summed E-state index contributed by atoms with van der Waals surface area (Å²) in [7, 11) is 2.10. The van der Waals surface area contributed by atoms with Gasteiger partial charge in [0.15, 0.2) is 0 Å². The molecule has 0 amide bonds. The molecule has 29 heavy (non-hydrogen) atoms. The van der Waals surface area contributed by atoms with E-state index in [4.69, 9.17) is 4.99 Å². The first-order valence-electron chi connectivity index (χ1n) is 9.93. The normalized spacial score (nSPS) is 12.4. The molecule has 0 aromatic heterocycles. The molecule has 2 heteroatoms. The van der Waals surface area contributed by atoms with Crippen LogP contribution in [0.2, 0.25) is 0 Å². The Morgan fingerprint density at radius 3 is 2.10 bits per heavy atom. The summed E-state index contributed by atoms with van der Waals surface area (Å²) >= 11 is 0. The second-order valence-corrected chi connectivity index (χ2v) is 7.39. The minimum atomic E-state index is 0.903. The Bertz CT molecular complexity index is 1170. The lowest BCUT2D eigenvalue weighted by molar-refractivity contribution is 1.21. The molecule has 0 N–H and O–H groups in total. The quantitative estimate of drug-likeness (QED) is 0.383. The maximum atomic E-state index is 4.84. The van der Waals surface area contributed by atoms with Gasteiger partial charge in [0, 0.05) is 24.8 Å². The number of hydrogen-bond donors (Lipinski definition) is 0. The van der Waals surface area contributed by atoms with E-state index in [-0.39, 0.29) is 0 Å². The molecule has 140 valence electrons. The Balaban J connectivity index is 1.40. The first-order chi connectivity index (χ1) is 14.3. The maximum Gasteiger partial charge on any atom is 0.0669 e. The van der Waals surface area contributed by atoms with Crippen molar-refractivity contribution in [3.05, 3.63) is 114 Å². The number of nitrogens with zero attached hydrogens (tertiary/aromatic N) is 2. The second kappa shape index (κ2) is 7.40. The van der Waals surface area contributed by atoms with Crippen LogP contribution in [0.3, 0.4) is 0 Å². The largest absolute Gasteiger partial charge is 0.345 e. The first kappa shape index (κ1) is 17.4. The van der Waals surface area contributed by atoms with Gasteiger partial charge in [-0.15, -0.1) is 0 Å². The highest BCUT2D eigenvalue weighted by atomic mass is 15.1. The molecule has 1 aliphatic heterocycles. The number of para-hydroxylation sites is 2. The smallest absolute Gasteiger partial charge is 0.0669 e. The van der Waals surface area contributed by atoms with Crippen LogP contribution < -0.4 is 4.90 Å². The molecule has 1 aliphatic rings. The minimum absolute atomic E-state index is 0.903. The Morgan fingerprint density at radius 1 is 0.621 bits per heavy atom.